The van der Waals surface area contributed by atoms with Gasteiger partial charge in [-0.25, -0.2) is 92.8 Å². The zero-order valence-corrected chi connectivity index (χ0v) is 41.7. The summed E-state index contributed by atoms with van der Waals surface area (Å²) in [4.78, 5) is 16.7. The number of ether oxygens (including phenoxy) is 1. The number of unbranched alkanes of at least 4 members (excludes halogenated alkanes) is 15. The normalized spacial score (nSPS) is 11.6. The summed E-state index contributed by atoms with van der Waals surface area (Å²) in [6.45, 7) is 3.22. The van der Waals surface area contributed by atoms with Crippen molar-refractivity contribution < 1.29 is 102 Å². The Morgan fingerprint density at radius 2 is 0.684 bits per heavy atom. The number of rotatable bonds is 25. The lowest BCUT2D eigenvalue weighted by Crippen LogP contribution is -2.81. The molecule has 0 fully saturated rings. The van der Waals surface area contributed by atoms with Crippen LogP contribution in [0.5, 0.6) is 5.88 Å². The summed E-state index contributed by atoms with van der Waals surface area (Å²) in [5.41, 5.74) is -13.6. The van der Waals surface area contributed by atoms with Crippen molar-refractivity contribution in [1.82, 2.24) is 4.98 Å². The minimum absolute atomic E-state index is 0.0732. The molecule has 79 heavy (non-hydrogen) atoms. The van der Waals surface area contributed by atoms with Gasteiger partial charge < -0.3 is 4.74 Å². The molecule has 6 rings (SSSR count). The van der Waals surface area contributed by atoms with Gasteiger partial charge in [-0.2, -0.15) is 4.57 Å². The third-order valence-electron chi connectivity index (χ3n) is 13.2. The second-order valence-electron chi connectivity index (χ2n) is 18.3. The van der Waals surface area contributed by atoms with Gasteiger partial charge in [-0.3, -0.25) is 4.79 Å². The maximum Gasteiger partial charge on any atom is 0.387 e. The van der Waals surface area contributed by atoms with Gasteiger partial charge in [0.2, 0.25) is 12.3 Å². The Morgan fingerprint density at radius 1 is 0.405 bits per heavy atom. The van der Waals surface area contributed by atoms with Gasteiger partial charge in [-0.15, -0.1) is 21.9 Å². The summed E-state index contributed by atoms with van der Waals surface area (Å²) in [6, 6.07) is 9.39. The lowest BCUT2D eigenvalue weighted by atomic mass is 9.12. The van der Waals surface area contributed by atoms with Crippen LogP contribution in [0.1, 0.15) is 120 Å². The Kier molecular flexibility index (Phi) is 22.7. The van der Waals surface area contributed by atoms with E-state index in [0.717, 1.165) is 12.0 Å². The van der Waals surface area contributed by atoms with Crippen LogP contribution in [0.15, 0.2) is 48.9 Å². The molecule has 6 aromatic rings. The molecule has 5 aromatic carbocycles. The van der Waals surface area contributed by atoms with E-state index in [4.69, 9.17) is 4.74 Å². The first kappa shape index (κ1) is 63.1. The lowest BCUT2D eigenvalue weighted by molar-refractivity contribution is -0.689. The van der Waals surface area contributed by atoms with E-state index in [2.05, 4.69) is 11.9 Å². The monoisotopic (exact) mass is 1150 g/mol. The van der Waals surface area contributed by atoms with E-state index in [-0.39, 0.29) is 12.3 Å². The molecule has 0 saturated heterocycles. The average molecular weight is 1150 g/mol. The fraction of sp³-hybridized carbons (Fsp3) is 0.352. The molecule has 0 N–H and O–H groups in total. The number of Topliss-reactive ketones (excluding diaryl/α,β-unsaturated/α-hetero) is 1. The van der Waals surface area contributed by atoms with E-state index in [1.165, 1.54) is 96.3 Å². The SMILES string of the molecule is CCCCCCCCCCCCCCCCCCOc1cncc[n+]1CC(=O)c1ccccc1.Fc1c(F)c(F)c([B-](c2c(F)c(F)c(F)c(F)c2F)(c2c(F)c(F)c(F)c(F)c2F)c2c(F)c(F)c(F)c(F)c2F)c(F)c1F. The average Bonchev–Trinajstić information content (AvgIpc) is 3.02. The quantitative estimate of drug-likeness (QED) is 0.0109. The largest absolute Gasteiger partial charge is 0.443 e. The first-order valence-electron chi connectivity index (χ1n) is 24.8. The molecule has 0 bridgehead atoms. The van der Waals surface area contributed by atoms with Crippen LogP contribution in [0.4, 0.5) is 87.8 Å². The van der Waals surface area contributed by atoms with Gasteiger partial charge in [-0.1, -0.05) is 134 Å². The molecular formula is C54H47BF20N2O2. The number of carbonyl (C=O) groups is 1. The molecule has 0 amide bonds. The summed E-state index contributed by atoms with van der Waals surface area (Å²) >= 11 is 0. The summed E-state index contributed by atoms with van der Waals surface area (Å²) < 4.78 is 302. The molecule has 0 atom stereocenters. The van der Waals surface area contributed by atoms with Gasteiger partial charge in [0.15, 0.2) is 76.0 Å². The Bertz CT molecular complexity index is 2730. The molecular weight excluding hydrogens is 1100 g/mol. The standard InChI is InChI=1S/C30H47N2O2.C24BF20/c1-2-3-4-5-6-7-8-9-10-11-12-13-14-15-16-20-25-34-30-26-31-23-24-32(30)27-29(33)28-21-18-17-19-22-28;26-5-1(6(27)14(35)21(42)13(5)34)25(2-7(28)15(36)22(43)16(37)8(2)29,3-9(30)17(38)23(44)18(39)10(3)31)4-11(32)19(40)24(45)20(41)12(4)33/h17-19,21-24,26H,2-16,20,25,27H2,1H3;/q+1;-1. The van der Waals surface area contributed by atoms with Gasteiger partial charge in [0.1, 0.15) is 58.9 Å². The molecule has 428 valence electrons. The number of carbonyl (C=O) groups excluding carboxylic acids is 1. The fourth-order valence-electron chi connectivity index (χ4n) is 9.20. The van der Waals surface area contributed by atoms with Gasteiger partial charge in [0.05, 0.1) is 12.8 Å². The second-order valence-corrected chi connectivity index (χ2v) is 18.3. The highest BCUT2D eigenvalue weighted by Gasteiger charge is 2.52. The van der Waals surface area contributed by atoms with Crippen molar-refractivity contribution in [3.63, 3.8) is 0 Å². The van der Waals surface area contributed by atoms with Crippen molar-refractivity contribution in [2.45, 2.75) is 116 Å². The van der Waals surface area contributed by atoms with Crippen molar-refractivity contribution in [3.8, 4) is 5.88 Å². The van der Waals surface area contributed by atoms with Gasteiger partial charge >= 0.3 is 5.88 Å². The molecule has 1 heterocycles. The molecule has 0 saturated carbocycles. The molecule has 0 unspecified atom stereocenters. The number of ketones is 1. The molecule has 4 nitrogen and oxygen atoms in total. The van der Waals surface area contributed by atoms with E-state index in [1.54, 1.807) is 12.4 Å². The zero-order valence-electron chi connectivity index (χ0n) is 41.7. The predicted molar refractivity (Wildman–Crippen MR) is 249 cm³/mol. The van der Waals surface area contributed by atoms with Crippen LogP contribution in [-0.4, -0.2) is 23.5 Å². The summed E-state index contributed by atoms with van der Waals surface area (Å²) in [5.74, 6) is -70.7. The predicted octanol–water partition coefficient (Wildman–Crippen LogP) is 13.7. The van der Waals surface area contributed by atoms with E-state index < -0.39 is 144 Å². The number of nitrogens with zero attached hydrogens (tertiary/aromatic N) is 2. The Labute approximate surface area is 439 Å². The zero-order chi connectivity index (χ0) is 58.5. The summed E-state index contributed by atoms with van der Waals surface area (Å²) in [6.07, 6.45) is 19.8. The molecule has 0 aliphatic carbocycles. The fourth-order valence-corrected chi connectivity index (χ4v) is 9.20. The highest BCUT2D eigenvalue weighted by Crippen LogP contribution is 2.31. The Balaban J connectivity index is 0.000000303. The number of benzene rings is 5. The molecule has 25 heteroatoms. The Hall–Kier alpha value is -6.69. The molecule has 0 spiro atoms. The maximum absolute atomic E-state index is 15.4. The molecule has 0 aliphatic rings. The van der Waals surface area contributed by atoms with Crippen LogP contribution in [-0.2, 0) is 6.54 Å². The van der Waals surface area contributed by atoms with Crippen LogP contribution < -0.4 is 31.2 Å². The van der Waals surface area contributed by atoms with Crippen molar-refractivity contribution >= 4 is 33.8 Å². The van der Waals surface area contributed by atoms with Crippen molar-refractivity contribution in [3.05, 3.63) is 171 Å². The first-order valence-corrected chi connectivity index (χ1v) is 24.8. The van der Waals surface area contributed by atoms with Gasteiger partial charge in [0.25, 0.3) is 0 Å². The highest BCUT2D eigenvalue weighted by molar-refractivity contribution is 7.20. The minimum Gasteiger partial charge on any atom is -0.443 e. The van der Waals surface area contributed by atoms with Gasteiger partial charge in [-0.05, 0) is 6.42 Å². The van der Waals surface area contributed by atoms with Crippen LogP contribution in [0.25, 0.3) is 0 Å². The van der Waals surface area contributed by atoms with Crippen molar-refractivity contribution in [2.24, 2.45) is 0 Å². The Morgan fingerprint density at radius 3 is 0.987 bits per heavy atom. The van der Waals surface area contributed by atoms with Crippen LogP contribution in [0.2, 0.25) is 0 Å². The van der Waals surface area contributed by atoms with E-state index in [9.17, 15) is 57.5 Å². The number of hydrogen-bond acceptors (Lipinski definition) is 3. The summed E-state index contributed by atoms with van der Waals surface area (Å²) in [5, 5.41) is 0. The number of hydrogen-bond donors (Lipinski definition) is 0. The van der Waals surface area contributed by atoms with E-state index in [1.807, 2.05) is 41.1 Å². The smallest absolute Gasteiger partial charge is 0.387 e. The van der Waals surface area contributed by atoms with Crippen molar-refractivity contribution in [1.29, 1.82) is 0 Å². The third-order valence-corrected chi connectivity index (χ3v) is 13.2. The second kappa shape index (κ2) is 28.5. The number of halogens is 20. The number of aromatic nitrogens is 2. The van der Waals surface area contributed by atoms with E-state index in [0.29, 0.717) is 12.5 Å². The summed E-state index contributed by atoms with van der Waals surface area (Å²) in [7, 11) is 0. The van der Waals surface area contributed by atoms with Crippen LogP contribution in [0.3, 0.4) is 0 Å². The maximum atomic E-state index is 15.4. The molecule has 0 radical (unpaired) electrons. The third kappa shape index (κ3) is 13.5. The van der Waals surface area contributed by atoms with E-state index >= 15 is 35.1 Å². The van der Waals surface area contributed by atoms with Gasteiger partial charge in [0, 0.05) is 5.56 Å². The highest BCUT2D eigenvalue weighted by atomic mass is 19.2. The first-order chi connectivity index (χ1) is 37.5. The molecule has 0 aliphatic heterocycles. The lowest BCUT2D eigenvalue weighted by Gasteiger charge is -2.44. The topological polar surface area (TPSA) is 43.1 Å². The minimum atomic E-state index is -7.22. The van der Waals surface area contributed by atoms with Crippen molar-refractivity contribution in [2.75, 3.05) is 6.61 Å². The molecule has 1 aromatic heterocycles. The van der Waals surface area contributed by atoms with Crippen LogP contribution >= 0.6 is 0 Å². The van der Waals surface area contributed by atoms with Crippen LogP contribution in [0, 0.1) is 116 Å².